The zero-order chi connectivity index (χ0) is 16.1. The van der Waals surface area contributed by atoms with Crippen LogP contribution in [0, 0.1) is 5.92 Å². The van der Waals surface area contributed by atoms with Crippen LogP contribution >= 0.6 is 0 Å². The van der Waals surface area contributed by atoms with Crippen molar-refractivity contribution in [1.82, 2.24) is 4.90 Å². The van der Waals surface area contributed by atoms with Gasteiger partial charge in [-0.2, -0.15) is 0 Å². The maximum absolute atomic E-state index is 12.5. The number of esters is 1. The van der Waals surface area contributed by atoms with Crippen molar-refractivity contribution in [3.05, 3.63) is 61.2 Å². The maximum atomic E-state index is 12.5. The summed E-state index contributed by atoms with van der Waals surface area (Å²) in [6.07, 6.45) is 4.65. The molecule has 1 aromatic rings. The van der Waals surface area contributed by atoms with E-state index in [2.05, 4.69) is 37.1 Å². The Labute approximate surface area is 133 Å². The number of ether oxygens (including phenoxy) is 1. The first-order chi connectivity index (χ1) is 10.6. The van der Waals surface area contributed by atoms with Crippen LogP contribution in [0.3, 0.4) is 0 Å². The summed E-state index contributed by atoms with van der Waals surface area (Å²) >= 11 is 0. The molecular formula is C19H25NO2. The topological polar surface area (TPSA) is 29.5 Å². The van der Waals surface area contributed by atoms with Gasteiger partial charge in [0.25, 0.3) is 0 Å². The highest BCUT2D eigenvalue weighted by Gasteiger charge is 2.45. The van der Waals surface area contributed by atoms with Crippen molar-refractivity contribution in [3.63, 3.8) is 0 Å². The van der Waals surface area contributed by atoms with E-state index in [9.17, 15) is 4.79 Å². The normalized spacial score (nSPS) is 26.4. The number of nitrogens with zero attached hydrogens (tertiary/aromatic N) is 1. The lowest BCUT2D eigenvalue weighted by Crippen LogP contribution is -2.44. The van der Waals surface area contributed by atoms with E-state index >= 15 is 0 Å². The molecule has 22 heavy (non-hydrogen) atoms. The fourth-order valence-electron chi connectivity index (χ4n) is 3.36. The van der Waals surface area contributed by atoms with Crippen LogP contribution in [-0.2, 0) is 9.53 Å². The highest BCUT2D eigenvalue weighted by atomic mass is 16.5. The van der Waals surface area contributed by atoms with E-state index in [1.54, 1.807) is 0 Å². The highest BCUT2D eigenvalue weighted by molar-refractivity contribution is 5.77. The van der Waals surface area contributed by atoms with Crippen molar-refractivity contribution in [2.75, 3.05) is 6.61 Å². The van der Waals surface area contributed by atoms with Gasteiger partial charge in [-0.05, 0) is 25.8 Å². The van der Waals surface area contributed by atoms with Gasteiger partial charge in [0.15, 0.2) is 0 Å². The fraction of sp³-hybridized carbons (Fsp3) is 0.421. The van der Waals surface area contributed by atoms with Crippen molar-refractivity contribution in [1.29, 1.82) is 0 Å². The van der Waals surface area contributed by atoms with Gasteiger partial charge < -0.3 is 4.74 Å². The van der Waals surface area contributed by atoms with Crippen LogP contribution in [0.1, 0.15) is 31.9 Å². The number of carbonyl (C=O) groups excluding carboxylic acids is 1. The van der Waals surface area contributed by atoms with Crippen molar-refractivity contribution < 1.29 is 9.53 Å². The van der Waals surface area contributed by atoms with Gasteiger partial charge in [-0.25, -0.2) is 0 Å². The molecule has 3 nitrogen and oxygen atoms in total. The quantitative estimate of drug-likeness (QED) is 0.592. The molecule has 2 rings (SSSR count). The van der Waals surface area contributed by atoms with Crippen LogP contribution in [0.4, 0.5) is 0 Å². The van der Waals surface area contributed by atoms with Crippen LogP contribution in [0.25, 0.3) is 0 Å². The van der Waals surface area contributed by atoms with E-state index in [1.165, 1.54) is 5.56 Å². The minimum atomic E-state index is -0.296. The van der Waals surface area contributed by atoms with Crippen LogP contribution in [0.15, 0.2) is 55.6 Å². The molecule has 0 saturated carbocycles. The molecule has 1 aliphatic rings. The number of hydrogen-bond donors (Lipinski definition) is 0. The summed E-state index contributed by atoms with van der Waals surface area (Å²) in [6, 6.07) is 10.2. The molecule has 3 heteroatoms. The van der Waals surface area contributed by atoms with Gasteiger partial charge in [0.1, 0.15) is 6.04 Å². The van der Waals surface area contributed by atoms with Gasteiger partial charge in [0, 0.05) is 18.0 Å². The summed E-state index contributed by atoms with van der Waals surface area (Å²) in [5.41, 5.74) is 1.19. The average molecular weight is 299 g/mol. The summed E-state index contributed by atoms with van der Waals surface area (Å²) in [7, 11) is 0. The molecule has 0 amide bonds. The molecule has 1 fully saturated rings. The zero-order valence-electron chi connectivity index (χ0n) is 13.4. The lowest BCUT2D eigenvalue weighted by Gasteiger charge is -2.34. The van der Waals surface area contributed by atoms with E-state index in [4.69, 9.17) is 4.74 Å². The monoisotopic (exact) mass is 299 g/mol. The summed E-state index contributed by atoms with van der Waals surface area (Å²) in [5, 5.41) is 0. The number of likely N-dealkylation sites (tertiary alicyclic amines) is 1. The van der Waals surface area contributed by atoms with Crippen molar-refractivity contribution in [2.45, 2.75) is 38.4 Å². The molecular weight excluding hydrogens is 274 g/mol. The molecule has 1 saturated heterocycles. The van der Waals surface area contributed by atoms with Crippen molar-refractivity contribution in [3.8, 4) is 0 Å². The third-order valence-electron chi connectivity index (χ3n) is 4.46. The summed E-state index contributed by atoms with van der Waals surface area (Å²) in [6.45, 7) is 12.2. The first-order valence-corrected chi connectivity index (χ1v) is 7.88. The summed E-state index contributed by atoms with van der Waals surface area (Å²) in [5.74, 6) is -0.0762. The molecule has 0 N–H and O–H groups in total. The second-order valence-corrected chi connectivity index (χ2v) is 5.67. The Balaban J connectivity index is 2.35. The summed E-state index contributed by atoms with van der Waals surface area (Å²) < 4.78 is 5.30. The molecule has 1 aliphatic heterocycles. The third kappa shape index (κ3) is 3.14. The molecule has 1 aromatic carbocycles. The molecule has 1 unspecified atom stereocenters. The standard InChI is InChI=1S/C19H25NO2/c1-5-15-13-17(6-2)20(18(15)19(21)22-7-3)14(4)16-11-9-8-10-12-16/h5-6,8-12,14-15,17-18H,1-2,7,13H2,3-4H3/t14?,15-,17+,18-/m0/s1. The second kappa shape index (κ2) is 7.41. The Morgan fingerprint density at radius 2 is 2.05 bits per heavy atom. The minimum Gasteiger partial charge on any atom is -0.465 e. The van der Waals surface area contributed by atoms with Gasteiger partial charge >= 0.3 is 5.97 Å². The van der Waals surface area contributed by atoms with Gasteiger partial charge in [0.05, 0.1) is 6.61 Å². The van der Waals surface area contributed by atoms with Crippen LogP contribution in [0.5, 0.6) is 0 Å². The predicted molar refractivity (Wildman–Crippen MR) is 89.4 cm³/mol. The van der Waals surface area contributed by atoms with Gasteiger partial charge in [-0.1, -0.05) is 42.5 Å². The smallest absolute Gasteiger partial charge is 0.323 e. The second-order valence-electron chi connectivity index (χ2n) is 5.67. The Morgan fingerprint density at radius 3 is 2.59 bits per heavy atom. The average Bonchev–Trinajstić information content (AvgIpc) is 2.94. The van der Waals surface area contributed by atoms with Gasteiger partial charge in [0.2, 0.25) is 0 Å². The van der Waals surface area contributed by atoms with Crippen molar-refractivity contribution in [2.24, 2.45) is 5.92 Å². The van der Waals surface area contributed by atoms with Crippen LogP contribution < -0.4 is 0 Å². The zero-order valence-corrected chi connectivity index (χ0v) is 13.4. The molecule has 1 heterocycles. The summed E-state index contributed by atoms with van der Waals surface area (Å²) in [4.78, 5) is 14.7. The van der Waals surface area contributed by atoms with E-state index in [0.29, 0.717) is 6.61 Å². The lowest BCUT2D eigenvalue weighted by atomic mass is 9.98. The van der Waals surface area contributed by atoms with Crippen LogP contribution in [0.2, 0.25) is 0 Å². The van der Waals surface area contributed by atoms with E-state index in [-0.39, 0.29) is 30.0 Å². The van der Waals surface area contributed by atoms with Crippen molar-refractivity contribution >= 4 is 5.97 Å². The maximum Gasteiger partial charge on any atom is 0.323 e. The highest BCUT2D eigenvalue weighted by Crippen LogP contribution is 2.38. The van der Waals surface area contributed by atoms with Gasteiger partial charge in [-0.15, -0.1) is 13.2 Å². The van der Waals surface area contributed by atoms with E-state index in [1.807, 2.05) is 37.3 Å². The Hall–Kier alpha value is -1.87. The largest absolute Gasteiger partial charge is 0.465 e. The van der Waals surface area contributed by atoms with Gasteiger partial charge in [-0.3, -0.25) is 9.69 Å². The molecule has 0 spiro atoms. The molecule has 0 aliphatic carbocycles. The Bertz CT molecular complexity index is 525. The number of hydrogen-bond acceptors (Lipinski definition) is 3. The first kappa shape index (κ1) is 16.5. The van der Waals surface area contributed by atoms with Crippen LogP contribution in [-0.4, -0.2) is 29.6 Å². The fourth-order valence-corrected chi connectivity index (χ4v) is 3.36. The lowest BCUT2D eigenvalue weighted by molar-refractivity contribution is -0.150. The molecule has 118 valence electrons. The molecule has 0 aromatic heterocycles. The molecule has 0 radical (unpaired) electrons. The molecule has 4 atom stereocenters. The number of rotatable bonds is 6. The SMILES string of the molecule is C=C[C@@H]1C[C@H](C=C)[C@@H](C(=O)OCC)N1C(C)c1ccccc1. The van der Waals surface area contributed by atoms with E-state index in [0.717, 1.165) is 6.42 Å². The number of carbonyl (C=O) groups is 1. The predicted octanol–water partition coefficient (Wildman–Crippen LogP) is 3.74. The number of benzene rings is 1. The first-order valence-electron chi connectivity index (χ1n) is 7.88. The Morgan fingerprint density at radius 1 is 1.36 bits per heavy atom. The molecule has 0 bridgehead atoms. The Kier molecular flexibility index (Phi) is 5.56. The third-order valence-corrected chi connectivity index (χ3v) is 4.46. The minimum absolute atomic E-state index is 0.0909. The van der Waals surface area contributed by atoms with E-state index < -0.39 is 0 Å².